The molecule has 0 saturated heterocycles. The van der Waals surface area contributed by atoms with E-state index in [0.717, 1.165) is 12.0 Å². The first-order chi connectivity index (χ1) is 8.35. The third-order valence-corrected chi connectivity index (χ3v) is 2.30. The lowest BCUT2D eigenvalue weighted by Crippen LogP contribution is -2.00. The minimum Gasteiger partial charge on any atom is -0.494 e. The Morgan fingerprint density at radius 3 is 3.06 bits per heavy atom. The number of aryl methyl sites for hydroxylation is 1. The van der Waals surface area contributed by atoms with Crippen molar-refractivity contribution in [2.75, 3.05) is 13.7 Å². The van der Waals surface area contributed by atoms with Crippen LogP contribution in [0.3, 0.4) is 0 Å². The molecule has 0 aliphatic heterocycles. The van der Waals surface area contributed by atoms with Gasteiger partial charge in [-0.3, -0.25) is 4.98 Å². The van der Waals surface area contributed by atoms with Gasteiger partial charge in [0.05, 0.1) is 18.9 Å². The van der Waals surface area contributed by atoms with Crippen molar-refractivity contribution in [2.24, 2.45) is 5.73 Å². The highest BCUT2D eigenvalue weighted by Crippen LogP contribution is 2.27. The van der Waals surface area contributed by atoms with E-state index in [4.69, 9.17) is 14.9 Å². The molecule has 0 atom stereocenters. The summed E-state index contributed by atoms with van der Waals surface area (Å²) in [6.07, 6.45) is 4.78. The largest absolute Gasteiger partial charge is 0.494 e. The maximum Gasteiger partial charge on any atom is 0.251 e. The van der Waals surface area contributed by atoms with E-state index in [-0.39, 0.29) is 0 Å². The predicted molar refractivity (Wildman–Crippen MR) is 61.5 cm³/mol. The van der Waals surface area contributed by atoms with Crippen molar-refractivity contribution in [3.05, 3.63) is 24.4 Å². The van der Waals surface area contributed by atoms with E-state index in [1.807, 2.05) is 0 Å². The molecule has 0 bridgehead atoms. The fourth-order valence-corrected chi connectivity index (χ4v) is 1.44. The first-order valence-corrected chi connectivity index (χ1v) is 5.36. The van der Waals surface area contributed by atoms with E-state index in [1.54, 1.807) is 25.6 Å². The lowest BCUT2D eigenvalue weighted by atomic mass is 10.2. The average Bonchev–Trinajstić information content (AvgIpc) is 2.85. The van der Waals surface area contributed by atoms with Crippen LogP contribution < -0.4 is 10.5 Å². The van der Waals surface area contributed by atoms with Crippen molar-refractivity contribution >= 4 is 0 Å². The number of aromatic nitrogens is 3. The number of nitrogens with zero attached hydrogens (tertiary/aromatic N) is 3. The molecule has 0 aliphatic rings. The Balaban J connectivity index is 2.24. The van der Waals surface area contributed by atoms with Crippen molar-refractivity contribution < 1.29 is 9.15 Å². The SMILES string of the molecule is COc1cnccc1-c1nnc(CCCN)o1. The van der Waals surface area contributed by atoms with Crippen molar-refractivity contribution in [2.45, 2.75) is 12.8 Å². The Bertz CT molecular complexity index is 484. The summed E-state index contributed by atoms with van der Waals surface area (Å²) in [6.45, 7) is 0.607. The fraction of sp³-hybridized carbons (Fsp3) is 0.364. The highest BCUT2D eigenvalue weighted by atomic mass is 16.5. The number of hydrogen-bond acceptors (Lipinski definition) is 6. The molecule has 0 aliphatic carbocycles. The van der Waals surface area contributed by atoms with Gasteiger partial charge in [-0.2, -0.15) is 0 Å². The Morgan fingerprint density at radius 2 is 2.29 bits per heavy atom. The number of nitrogens with two attached hydrogens (primary N) is 1. The van der Waals surface area contributed by atoms with Gasteiger partial charge >= 0.3 is 0 Å². The molecule has 17 heavy (non-hydrogen) atoms. The second-order valence-corrected chi connectivity index (χ2v) is 3.47. The van der Waals surface area contributed by atoms with E-state index in [9.17, 15) is 0 Å². The molecule has 0 amide bonds. The van der Waals surface area contributed by atoms with Gasteiger partial charge in [0.15, 0.2) is 0 Å². The average molecular weight is 234 g/mol. The molecule has 0 aromatic carbocycles. The molecule has 2 N–H and O–H groups in total. The summed E-state index contributed by atoms with van der Waals surface area (Å²) < 4.78 is 10.7. The number of pyridine rings is 1. The van der Waals surface area contributed by atoms with E-state index in [2.05, 4.69) is 15.2 Å². The van der Waals surface area contributed by atoms with Crippen LogP contribution in [-0.4, -0.2) is 28.8 Å². The summed E-state index contributed by atoms with van der Waals surface area (Å²) in [5.41, 5.74) is 6.17. The monoisotopic (exact) mass is 234 g/mol. The van der Waals surface area contributed by atoms with Gasteiger partial charge in [0.1, 0.15) is 5.75 Å². The predicted octanol–water partition coefficient (Wildman–Crippen LogP) is 1.03. The van der Waals surface area contributed by atoms with Crippen LogP contribution in [0.25, 0.3) is 11.5 Å². The summed E-state index contributed by atoms with van der Waals surface area (Å²) in [6, 6.07) is 1.78. The van der Waals surface area contributed by atoms with Crippen molar-refractivity contribution in [3.8, 4) is 17.2 Å². The smallest absolute Gasteiger partial charge is 0.251 e. The van der Waals surface area contributed by atoms with Crippen molar-refractivity contribution in [1.82, 2.24) is 15.2 Å². The first-order valence-electron chi connectivity index (χ1n) is 5.36. The van der Waals surface area contributed by atoms with Crippen LogP contribution in [0.5, 0.6) is 5.75 Å². The van der Waals surface area contributed by atoms with Gasteiger partial charge in [-0.05, 0) is 19.0 Å². The van der Waals surface area contributed by atoms with Crippen LogP contribution in [0, 0.1) is 0 Å². The molecule has 2 aromatic heterocycles. The number of ether oxygens (including phenoxy) is 1. The zero-order chi connectivity index (χ0) is 12.1. The summed E-state index contributed by atoms with van der Waals surface area (Å²) in [5.74, 6) is 1.64. The van der Waals surface area contributed by atoms with Crippen LogP contribution in [0.1, 0.15) is 12.3 Å². The third-order valence-electron chi connectivity index (χ3n) is 2.30. The molecular formula is C11H14N4O2. The fourth-order valence-electron chi connectivity index (χ4n) is 1.44. The molecule has 6 nitrogen and oxygen atoms in total. The van der Waals surface area contributed by atoms with E-state index in [1.165, 1.54) is 0 Å². The molecule has 2 rings (SSSR count). The maximum absolute atomic E-state index is 5.53. The van der Waals surface area contributed by atoms with Gasteiger partial charge in [-0.15, -0.1) is 10.2 Å². The summed E-state index contributed by atoms with van der Waals surface area (Å²) in [7, 11) is 1.58. The lowest BCUT2D eigenvalue weighted by molar-refractivity contribution is 0.411. The van der Waals surface area contributed by atoms with Crippen LogP contribution >= 0.6 is 0 Å². The van der Waals surface area contributed by atoms with Gasteiger partial charge in [0.2, 0.25) is 5.89 Å². The molecule has 0 saturated carbocycles. The molecule has 2 heterocycles. The summed E-state index contributed by atoms with van der Waals surface area (Å²) in [4.78, 5) is 3.97. The molecule has 6 heteroatoms. The molecule has 0 spiro atoms. The van der Waals surface area contributed by atoms with Gasteiger partial charge < -0.3 is 14.9 Å². The van der Waals surface area contributed by atoms with E-state index < -0.39 is 0 Å². The van der Waals surface area contributed by atoms with E-state index in [0.29, 0.717) is 30.5 Å². The Morgan fingerprint density at radius 1 is 1.41 bits per heavy atom. The van der Waals surface area contributed by atoms with Gasteiger partial charge in [-0.25, -0.2) is 0 Å². The van der Waals surface area contributed by atoms with Crippen LogP contribution in [0.4, 0.5) is 0 Å². The molecular weight excluding hydrogens is 220 g/mol. The van der Waals surface area contributed by atoms with Crippen LogP contribution in [-0.2, 0) is 6.42 Å². The minimum atomic E-state index is 0.441. The maximum atomic E-state index is 5.53. The van der Waals surface area contributed by atoms with Crippen LogP contribution in [0.2, 0.25) is 0 Å². The molecule has 0 fully saturated rings. The number of methoxy groups -OCH3 is 1. The van der Waals surface area contributed by atoms with Crippen molar-refractivity contribution in [1.29, 1.82) is 0 Å². The molecule has 0 radical (unpaired) electrons. The molecule has 2 aromatic rings. The second-order valence-electron chi connectivity index (χ2n) is 3.47. The Labute approximate surface area is 98.8 Å². The topological polar surface area (TPSA) is 87.1 Å². The Hall–Kier alpha value is -1.95. The first kappa shape index (κ1) is 11.5. The van der Waals surface area contributed by atoms with Gasteiger partial charge in [0.25, 0.3) is 5.89 Å². The lowest BCUT2D eigenvalue weighted by Gasteiger charge is -2.02. The molecule has 90 valence electrons. The third kappa shape index (κ3) is 2.59. The van der Waals surface area contributed by atoms with Crippen LogP contribution in [0.15, 0.2) is 22.9 Å². The highest BCUT2D eigenvalue weighted by molar-refractivity contribution is 5.60. The second kappa shape index (κ2) is 5.40. The summed E-state index contributed by atoms with van der Waals surface area (Å²) in [5, 5.41) is 7.94. The highest BCUT2D eigenvalue weighted by Gasteiger charge is 2.12. The standard InChI is InChI=1S/C11H14N4O2/c1-16-9-7-13-6-4-8(9)11-15-14-10(17-11)3-2-5-12/h4,6-7H,2-3,5,12H2,1H3. The summed E-state index contributed by atoms with van der Waals surface area (Å²) >= 11 is 0. The van der Waals surface area contributed by atoms with Crippen molar-refractivity contribution in [3.63, 3.8) is 0 Å². The normalized spacial score (nSPS) is 10.5. The van der Waals surface area contributed by atoms with Gasteiger partial charge in [0, 0.05) is 12.6 Å². The number of hydrogen-bond donors (Lipinski definition) is 1. The quantitative estimate of drug-likeness (QED) is 0.831. The minimum absolute atomic E-state index is 0.441. The van der Waals surface area contributed by atoms with E-state index >= 15 is 0 Å². The zero-order valence-electron chi connectivity index (χ0n) is 9.59. The van der Waals surface area contributed by atoms with Gasteiger partial charge in [-0.1, -0.05) is 0 Å². The number of rotatable bonds is 5. The Kier molecular flexibility index (Phi) is 3.66. The zero-order valence-corrected chi connectivity index (χ0v) is 9.59. The molecule has 0 unspecified atom stereocenters.